The summed E-state index contributed by atoms with van der Waals surface area (Å²) in [5, 5.41) is 2.57. The SMILES string of the molecule is Cc1ccc(C)c(C(=O)OCC(=O)NC2CCS(=O)(=O)C2)c1. The maximum atomic E-state index is 12.0. The van der Waals surface area contributed by atoms with Gasteiger partial charge < -0.3 is 10.1 Å². The van der Waals surface area contributed by atoms with Crippen molar-refractivity contribution < 1.29 is 22.7 Å². The van der Waals surface area contributed by atoms with Gasteiger partial charge in [0.05, 0.1) is 17.1 Å². The fourth-order valence-electron chi connectivity index (χ4n) is 2.34. The van der Waals surface area contributed by atoms with Crippen LogP contribution in [0, 0.1) is 13.8 Å². The molecule has 22 heavy (non-hydrogen) atoms. The van der Waals surface area contributed by atoms with E-state index in [0.717, 1.165) is 11.1 Å². The molecule has 0 radical (unpaired) electrons. The molecule has 2 rings (SSSR count). The average Bonchev–Trinajstić information content (AvgIpc) is 2.78. The zero-order chi connectivity index (χ0) is 16.3. The van der Waals surface area contributed by atoms with Gasteiger partial charge in [-0.25, -0.2) is 13.2 Å². The fraction of sp³-hybridized carbons (Fsp3) is 0.467. The average molecular weight is 325 g/mol. The molecule has 1 aromatic carbocycles. The Morgan fingerprint density at radius 2 is 2.05 bits per heavy atom. The van der Waals surface area contributed by atoms with Crippen LogP contribution in [0.3, 0.4) is 0 Å². The molecule has 1 unspecified atom stereocenters. The largest absolute Gasteiger partial charge is 0.452 e. The summed E-state index contributed by atoms with van der Waals surface area (Å²) in [6.45, 7) is 3.24. The third kappa shape index (κ3) is 4.30. The molecule has 1 fully saturated rings. The number of sulfone groups is 1. The van der Waals surface area contributed by atoms with E-state index in [0.29, 0.717) is 12.0 Å². The number of nitrogens with one attached hydrogen (secondary N) is 1. The van der Waals surface area contributed by atoms with Crippen molar-refractivity contribution in [1.29, 1.82) is 0 Å². The number of esters is 1. The van der Waals surface area contributed by atoms with Gasteiger partial charge in [0.15, 0.2) is 16.4 Å². The lowest BCUT2D eigenvalue weighted by Gasteiger charge is -2.11. The lowest BCUT2D eigenvalue weighted by molar-refractivity contribution is -0.124. The number of carbonyl (C=O) groups is 2. The second-order valence-electron chi connectivity index (χ2n) is 5.56. The van der Waals surface area contributed by atoms with Crippen LogP contribution in [-0.2, 0) is 19.4 Å². The molecule has 1 saturated heterocycles. The van der Waals surface area contributed by atoms with Crippen LogP contribution in [0.1, 0.15) is 27.9 Å². The van der Waals surface area contributed by atoms with Gasteiger partial charge in [-0.1, -0.05) is 17.7 Å². The maximum Gasteiger partial charge on any atom is 0.338 e. The Labute approximate surface area is 129 Å². The predicted molar refractivity (Wildman–Crippen MR) is 81.4 cm³/mol. The smallest absolute Gasteiger partial charge is 0.338 e. The number of hydrogen-bond donors (Lipinski definition) is 1. The molecular formula is C15H19NO5S. The Balaban J connectivity index is 1.86. The highest BCUT2D eigenvalue weighted by molar-refractivity contribution is 7.91. The summed E-state index contributed by atoms with van der Waals surface area (Å²) in [7, 11) is -3.05. The van der Waals surface area contributed by atoms with Crippen molar-refractivity contribution in [2.24, 2.45) is 0 Å². The number of carbonyl (C=O) groups excluding carboxylic acids is 2. The number of ether oxygens (including phenoxy) is 1. The molecule has 1 aromatic rings. The quantitative estimate of drug-likeness (QED) is 0.826. The van der Waals surface area contributed by atoms with E-state index in [-0.39, 0.29) is 11.5 Å². The van der Waals surface area contributed by atoms with Crippen molar-refractivity contribution in [3.63, 3.8) is 0 Å². The maximum absolute atomic E-state index is 12.0. The molecule has 1 amide bonds. The van der Waals surface area contributed by atoms with Gasteiger partial charge in [-0.15, -0.1) is 0 Å². The highest BCUT2D eigenvalue weighted by Crippen LogP contribution is 2.13. The molecule has 1 aliphatic rings. The molecular weight excluding hydrogens is 306 g/mol. The summed E-state index contributed by atoms with van der Waals surface area (Å²) in [5.41, 5.74) is 2.13. The van der Waals surface area contributed by atoms with Crippen LogP contribution in [0.25, 0.3) is 0 Å². The van der Waals surface area contributed by atoms with Gasteiger partial charge in [-0.2, -0.15) is 0 Å². The monoisotopic (exact) mass is 325 g/mol. The zero-order valence-electron chi connectivity index (χ0n) is 12.6. The molecule has 1 N–H and O–H groups in total. The minimum atomic E-state index is -3.05. The van der Waals surface area contributed by atoms with Crippen molar-refractivity contribution in [2.45, 2.75) is 26.3 Å². The number of benzene rings is 1. The van der Waals surface area contributed by atoms with Crippen LogP contribution in [0.4, 0.5) is 0 Å². The van der Waals surface area contributed by atoms with Crippen molar-refractivity contribution in [3.05, 3.63) is 34.9 Å². The molecule has 0 aliphatic carbocycles. The number of amides is 1. The first-order valence-corrected chi connectivity index (χ1v) is 8.83. The van der Waals surface area contributed by atoms with Gasteiger partial charge in [0.2, 0.25) is 0 Å². The Hall–Kier alpha value is -1.89. The highest BCUT2D eigenvalue weighted by Gasteiger charge is 2.29. The Bertz CT molecular complexity index is 696. The van der Waals surface area contributed by atoms with Crippen molar-refractivity contribution in [2.75, 3.05) is 18.1 Å². The van der Waals surface area contributed by atoms with E-state index >= 15 is 0 Å². The van der Waals surface area contributed by atoms with Crippen LogP contribution >= 0.6 is 0 Å². The molecule has 0 saturated carbocycles. The lowest BCUT2D eigenvalue weighted by Crippen LogP contribution is -2.38. The first-order chi connectivity index (χ1) is 10.3. The third-order valence-corrected chi connectivity index (χ3v) is 5.31. The first-order valence-electron chi connectivity index (χ1n) is 7.01. The molecule has 6 nitrogen and oxygen atoms in total. The summed E-state index contributed by atoms with van der Waals surface area (Å²) in [5.74, 6) is -1.01. The molecule has 1 aliphatic heterocycles. The molecule has 120 valence electrons. The van der Waals surface area contributed by atoms with Crippen molar-refractivity contribution >= 4 is 21.7 Å². The van der Waals surface area contributed by atoms with Crippen LogP contribution in [0.5, 0.6) is 0 Å². The standard InChI is InChI=1S/C15H19NO5S/c1-10-3-4-11(2)13(7-10)15(18)21-8-14(17)16-12-5-6-22(19,20)9-12/h3-4,7,12H,5-6,8-9H2,1-2H3,(H,16,17). The third-order valence-electron chi connectivity index (χ3n) is 3.54. The minimum absolute atomic E-state index is 0.0519. The predicted octanol–water partition coefficient (Wildman–Crippen LogP) is 0.764. The van der Waals surface area contributed by atoms with Gasteiger partial charge in [0.25, 0.3) is 5.91 Å². The van der Waals surface area contributed by atoms with Crippen LogP contribution < -0.4 is 5.32 Å². The van der Waals surface area contributed by atoms with E-state index in [1.165, 1.54) is 0 Å². The number of rotatable bonds is 4. The summed E-state index contributed by atoms with van der Waals surface area (Å²) in [6, 6.07) is 5.02. The minimum Gasteiger partial charge on any atom is -0.452 e. The molecule has 1 heterocycles. The van der Waals surface area contributed by atoms with E-state index in [1.807, 2.05) is 19.1 Å². The lowest BCUT2D eigenvalue weighted by atomic mass is 10.1. The van der Waals surface area contributed by atoms with Crippen molar-refractivity contribution in [1.82, 2.24) is 5.32 Å². The molecule has 7 heteroatoms. The molecule has 1 atom stereocenters. The van der Waals surface area contributed by atoms with E-state index < -0.39 is 34.4 Å². The Morgan fingerprint density at radius 1 is 1.32 bits per heavy atom. The van der Waals surface area contributed by atoms with E-state index in [1.54, 1.807) is 13.0 Å². The number of aryl methyl sites for hydroxylation is 2. The topological polar surface area (TPSA) is 89.5 Å². The van der Waals surface area contributed by atoms with Crippen molar-refractivity contribution in [3.8, 4) is 0 Å². The summed E-state index contributed by atoms with van der Waals surface area (Å²) in [4.78, 5) is 23.7. The summed E-state index contributed by atoms with van der Waals surface area (Å²) in [6.07, 6.45) is 0.402. The second kappa shape index (κ2) is 6.48. The van der Waals surface area contributed by atoms with E-state index in [4.69, 9.17) is 4.74 Å². The van der Waals surface area contributed by atoms with Gasteiger partial charge in [0.1, 0.15) is 0 Å². The van der Waals surface area contributed by atoms with Crippen LogP contribution in [0.2, 0.25) is 0 Å². The van der Waals surface area contributed by atoms with Crippen LogP contribution in [0.15, 0.2) is 18.2 Å². The summed E-state index contributed by atoms with van der Waals surface area (Å²) >= 11 is 0. The van der Waals surface area contributed by atoms with Gasteiger partial charge in [0, 0.05) is 6.04 Å². The molecule has 0 bridgehead atoms. The fourth-order valence-corrected chi connectivity index (χ4v) is 4.02. The van der Waals surface area contributed by atoms with Gasteiger partial charge in [-0.05, 0) is 31.9 Å². The zero-order valence-corrected chi connectivity index (χ0v) is 13.4. The first kappa shape index (κ1) is 16.5. The second-order valence-corrected chi connectivity index (χ2v) is 7.79. The molecule has 0 aromatic heterocycles. The Morgan fingerprint density at radius 3 is 2.68 bits per heavy atom. The molecule has 0 spiro atoms. The number of hydrogen-bond acceptors (Lipinski definition) is 5. The Kier molecular flexibility index (Phi) is 4.85. The van der Waals surface area contributed by atoms with Gasteiger partial charge in [-0.3, -0.25) is 4.79 Å². The summed E-state index contributed by atoms with van der Waals surface area (Å²) < 4.78 is 27.6. The normalized spacial score (nSPS) is 19.6. The van der Waals surface area contributed by atoms with E-state index in [2.05, 4.69) is 5.32 Å². The van der Waals surface area contributed by atoms with E-state index in [9.17, 15) is 18.0 Å². The van der Waals surface area contributed by atoms with Crippen LogP contribution in [-0.4, -0.2) is 44.4 Å². The highest BCUT2D eigenvalue weighted by atomic mass is 32.2. The van der Waals surface area contributed by atoms with Gasteiger partial charge >= 0.3 is 5.97 Å².